The van der Waals surface area contributed by atoms with E-state index in [1.54, 1.807) is 0 Å². The Labute approximate surface area is 79.6 Å². The largest absolute Gasteiger partial charge is 0.375 e. The molecule has 0 saturated carbocycles. The number of ether oxygens (including phenoxy) is 1. The van der Waals surface area contributed by atoms with E-state index in [0.29, 0.717) is 6.10 Å². The predicted molar refractivity (Wildman–Crippen MR) is 54.9 cm³/mol. The lowest BCUT2D eigenvalue weighted by atomic mass is 10.3. The van der Waals surface area contributed by atoms with Crippen LogP contribution < -0.4 is 0 Å². The lowest BCUT2D eigenvalue weighted by Crippen LogP contribution is -2.43. The van der Waals surface area contributed by atoms with Crippen molar-refractivity contribution in [2.75, 3.05) is 38.2 Å². The first-order valence-corrected chi connectivity index (χ1v) is 6.09. The van der Waals surface area contributed by atoms with Crippen LogP contribution in [0.4, 0.5) is 0 Å². The Morgan fingerprint density at radius 1 is 1.58 bits per heavy atom. The Morgan fingerprint density at radius 3 is 3.08 bits per heavy atom. The van der Waals surface area contributed by atoms with Gasteiger partial charge >= 0.3 is 0 Å². The van der Waals surface area contributed by atoms with Crippen LogP contribution in [0.15, 0.2) is 0 Å². The summed E-state index contributed by atoms with van der Waals surface area (Å²) in [7, 11) is 0. The summed E-state index contributed by atoms with van der Waals surface area (Å²) < 4.78 is 5.63. The molecule has 1 rings (SSSR count). The molecule has 1 aliphatic heterocycles. The van der Waals surface area contributed by atoms with Gasteiger partial charge in [-0.25, -0.2) is 0 Å². The van der Waals surface area contributed by atoms with E-state index in [0.717, 1.165) is 25.4 Å². The molecule has 0 N–H and O–H groups in total. The van der Waals surface area contributed by atoms with Gasteiger partial charge in [-0.05, 0) is 19.2 Å². The molecular formula is C9H19NOS. The summed E-state index contributed by atoms with van der Waals surface area (Å²) in [4.78, 5) is 2.50. The lowest BCUT2D eigenvalue weighted by Gasteiger charge is -2.32. The summed E-state index contributed by atoms with van der Waals surface area (Å²) in [5.41, 5.74) is 0. The zero-order valence-electron chi connectivity index (χ0n) is 8.08. The van der Waals surface area contributed by atoms with E-state index in [4.69, 9.17) is 4.74 Å². The Morgan fingerprint density at radius 2 is 2.42 bits per heavy atom. The second kappa shape index (κ2) is 5.84. The second-order valence-electron chi connectivity index (χ2n) is 3.25. The summed E-state index contributed by atoms with van der Waals surface area (Å²) in [6, 6.07) is 0. The van der Waals surface area contributed by atoms with Gasteiger partial charge in [0.1, 0.15) is 0 Å². The summed E-state index contributed by atoms with van der Waals surface area (Å²) in [6.07, 6.45) is 3.87. The molecule has 3 heteroatoms. The first-order valence-electron chi connectivity index (χ1n) is 4.69. The van der Waals surface area contributed by atoms with Crippen molar-refractivity contribution in [1.29, 1.82) is 0 Å². The van der Waals surface area contributed by atoms with Crippen molar-refractivity contribution in [1.82, 2.24) is 4.90 Å². The molecule has 0 radical (unpaired) electrons. The van der Waals surface area contributed by atoms with Crippen LogP contribution in [0.25, 0.3) is 0 Å². The maximum atomic E-state index is 5.63. The molecule has 0 aromatic rings. The molecule has 2 nitrogen and oxygen atoms in total. The summed E-state index contributed by atoms with van der Waals surface area (Å²) in [6.45, 7) is 6.64. The van der Waals surface area contributed by atoms with Crippen molar-refractivity contribution in [2.45, 2.75) is 19.4 Å². The zero-order chi connectivity index (χ0) is 8.81. The minimum Gasteiger partial charge on any atom is -0.375 e. The van der Waals surface area contributed by atoms with Crippen molar-refractivity contribution < 1.29 is 4.74 Å². The number of nitrogens with zero attached hydrogens (tertiary/aromatic N) is 1. The van der Waals surface area contributed by atoms with Crippen molar-refractivity contribution in [3.63, 3.8) is 0 Å². The molecule has 0 aromatic heterocycles. The molecular weight excluding hydrogens is 170 g/mol. The van der Waals surface area contributed by atoms with Gasteiger partial charge in [0.15, 0.2) is 0 Å². The highest BCUT2D eigenvalue weighted by molar-refractivity contribution is 7.98. The normalized spacial score (nSPS) is 26.0. The monoisotopic (exact) mass is 189 g/mol. The van der Waals surface area contributed by atoms with Crippen molar-refractivity contribution in [3.05, 3.63) is 0 Å². The molecule has 1 fully saturated rings. The third-order valence-corrected chi connectivity index (χ3v) is 2.82. The third kappa shape index (κ3) is 3.33. The zero-order valence-corrected chi connectivity index (χ0v) is 8.90. The minimum absolute atomic E-state index is 0.472. The smallest absolute Gasteiger partial charge is 0.0792 e. The van der Waals surface area contributed by atoms with Gasteiger partial charge in [-0.2, -0.15) is 11.8 Å². The van der Waals surface area contributed by atoms with E-state index in [2.05, 4.69) is 18.1 Å². The van der Waals surface area contributed by atoms with Crippen LogP contribution in [-0.2, 0) is 4.74 Å². The van der Waals surface area contributed by atoms with Crippen molar-refractivity contribution in [3.8, 4) is 0 Å². The molecule has 72 valence electrons. The van der Waals surface area contributed by atoms with Crippen molar-refractivity contribution in [2.24, 2.45) is 0 Å². The van der Waals surface area contributed by atoms with Gasteiger partial charge in [-0.1, -0.05) is 6.92 Å². The third-order valence-electron chi connectivity index (χ3n) is 2.12. The van der Waals surface area contributed by atoms with Gasteiger partial charge in [0, 0.05) is 18.8 Å². The minimum atomic E-state index is 0.472. The molecule has 1 aliphatic rings. The topological polar surface area (TPSA) is 12.5 Å². The van der Waals surface area contributed by atoms with Gasteiger partial charge in [0.2, 0.25) is 0 Å². The van der Waals surface area contributed by atoms with Gasteiger partial charge in [-0.3, -0.25) is 4.90 Å². The quantitative estimate of drug-likeness (QED) is 0.664. The van der Waals surface area contributed by atoms with Gasteiger partial charge in [-0.15, -0.1) is 0 Å². The van der Waals surface area contributed by atoms with Gasteiger partial charge < -0.3 is 4.74 Å². The number of hydrogen-bond donors (Lipinski definition) is 0. The standard InChI is InChI=1S/C9H19NOS/c1-3-4-10-5-6-11-9(7-10)8-12-2/h9H,3-8H2,1-2H3/t9-/m0/s1. The Hall–Kier alpha value is 0.270. The van der Waals surface area contributed by atoms with E-state index < -0.39 is 0 Å². The van der Waals surface area contributed by atoms with E-state index in [-0.39, 0.29) is 0 Å². The van der Waals surface area contributed by atoms with Gasteiger partial charge in [0.05, 0.1) is 12.7 Å². The molecule has 0 unspecified atom stereocenters. The SMILES string of the molecule is CCCN1CCO[C@H](CSC)C1. The first-order chi connectivity index (χ1) is 5.86. The number of thioether (sulfide) groups is 1. The Bertz CT molecular complexity index is 105. The van der Waals surface area contributed by atoms with Crippen LogP contribution in [0.5, 0.6) is 0 Å². The van der Waals surface area contributed by atoms with Crippen LogP contribution in [-0.4, -0.2) is 49.3 Å². The van der Waals surface area contributed by atoms with Crippen LogP contribution in [0, 0.1) is 0 Å². The van der Waals surface area contributed by atoms with Crippen LogP contribution in [0.3, 0.4) is 0 Å². The summed E-state index contributed by atoms with van der Waals surface area (Å²) >= 11 is 1.88. The molecule has 1 atom stereocenters. The van der Waals surface area contributed by atoms with E-state index in [1.807, 2.05) is 11.8 Å². The maximum Gasteiger partial charge on any atom is 0.0792 e. The first kappa shape index (κ1) is 10.4. The number of rotatable bonds is 4. The second-order valence-corrected chi connectivity index (χ2v) is 4.16. The summed E-state index contributed by atoms with van der Waals surface area (Å²) in [5, 5.41) is 0. The van der Waals surface area contributed by atoms with Crippen LogP contribution in [0.2, 0.25) is 0 Å². The molecule has 0 amide bonds. The van der Waals surface area contributed by atoms with E-state index in [1.165, 1.54) is 13.0 Å². The fraction of sp³-hybridized carbons (Fsp3) is 1.00. The molecule has 12 heavy (non-hydrogen) atoms. The highest BCUT2D eigenvalue weighted by atomic mass is 32.2. The lowest BCUT2D eigenvalue weighted by molar-refractivity contribution is -0.0154. The predicted octanol–water partition coefficient (Wildman–Crippen LogP) is 1.46. The molecule has 0 aliphatic carbocycles. The Kier molecular flexibility index (Phi) is 5.04. The van der Waals surface area contributed by atoms with Gasteiger partial charge in [0.25, 0.3) is 0 Å². The molecule has 0 spiro atoms. The number of hydrogen-bond acceptors (Lipinski definition) is 3. The summed E-state index contributed by atoms with van der Waals surface area (Å²) in [5.74, 6) is 1.14. The maximum absolute atomic E-state index is 5.63. The highest BCUT2D eigenvalue weighted by Crippen LogP contribution is 2.09. The van der Waals surface area contributed by atoms with E-state index >= 15 is 0 Å². The highest BCUT2D eigenvalue weighted by Gasteiger charge is 2.18. The number of morpholine rings is 1. The Balaban J connectivity index is 2.20. The fourth-order valence-electron chi connectivity index (χ4n) is 1.59. The molecule has 0 aromatic carbocycles. The molecule has 1 saturated heterocycles. The van der Waals surface area contributed by atoms with Crippen LogP contribution in [0.1, 0.15) is 13.3 Å². The van der Waals surface area contributed by atoms with Crippen molar-refractivity contribution >= 4 is 11.8 Å². The average molecular weight is 189 g/mol. The molecule has 0 bridgehead atoms. The molecule has 1 heterocycles. The van der Waals surface area contributed by atoms with Crippen LogP contribution >= 0.6 is 11.8 Å². The fourth-order valence-corrected chi connectivity index (χ4v) is 2.16. The average Bonchev–Trinajstić information content (AvgIpc) is 2.06. The van der Waals surface area contributed by atoms with E-state index in [9.17, 15) is 0 Å².